The van der Waals surface area contributed by atoms with E-state index in [-0.39, 0.29) is 23.6 Å². The van der Waals surface area contributed by atoms with Gasteiger partial charge in [0.25, 0.3) is 0 Å². The lowest BCUT2D eigenvalue weighted by Gasteiger charge is -2.28. The lowest BCUT2D eigenvalue weighted by Crippen LogP contribution is -2.39. The zero-order valence-electron chi connectivity index (χ0n) is 16.3. The van der Waals surface area contributed by atoms with Crippen LogP contribution in [-0.2, 0) is 17.8 Å². The fraction of sp³-hybridized carbons (Fsp3) is 0.273. The number of para-hydroxylation sites is 1. The van der Waals surface area contributed by atoms with Crippen molar-refractivity contribution in [1.82, 2.24) is 9.88 Å². The lowest BCUT2D eigenvalue weighted by atomic mass is 10.0. The lowest BCUT2D eigenvalue weighted by molar-refractivity contribution is -0.117. The molecule has 1 amide bonds. The Morgan fingerprint density at radius 3 is 2.86 bits per heavy atom. The first-order valence-corrected chi connectivity index (χ1v) is 9.45. The highest BCUT2D eigenvalue weighted by atomic mass is 19.1. The van der Waals surface area contributed by atoms with Crippen LogP contribution in [0.2, 0.25) is 0 Å². The van der Waals surface area contributed by atoms with Crippen LogP contribution in [0.25, 0.3) is 10.9 Å². The summed E-state index contributed by atoms with van der Waals surface area (Å²) in [6, 6.07) is 9.69. The van der Waals surface area contributed by atoms with Crippen LogP contribution in [0.4, 0.5) is 10.1 Å². The van der Waals surface area contributed by atoms with Crippen molar-refractivity contribution in [3.63, 3.8) is 0 Å². The van der Waals surface area contributed by atoms with Crippen molar-refractivity contribution >= 4 is 22.5 Å². The van der Waals surface area contributed by atoms with Gasteiger partial charge in [-0.25, -0.2) is 4.39 Å². The molecule has 2 heterocycles. The van der Waals surface area contributed by atoms with Crippen molar-refractivity contribution in [3.05, 3.63) is 69.3 Å². The average Bonchev–Trinajstić information content (AvgIpc) is 2.71. The summed E-state index contributed by atoms with van der Waals surface area (Å²) in [5, 5.41) is 3.17. The van der Waals surface area contributed by atoms with Crippen LogP contribution in [-0.4, -0.2) is 36.0 Å². The first-order valence-electron chi connectivity index (χ1n) is 9.45. The number of pyridine rings is 1. The molecule has 29 heavy (non-hydrogen) atoms. The Bertz CT molecular complexity index is 1160. The number of rotatable bonds is 4. The van der Waals surface area contributed by atoms with Crippen molar-refractivity contribution < 1.29 is 13.9 Å². The summed E-state index contributed by atoms with van der Waals surface area (Å²) in [5.41, 5.74) is 3.44. The van der Waals surface area contributed by atoms with Crippen molar-refractivity contribution in [1.29, 1.82) is 0 Å². The van der Waals surface area contributed by atoms with Gasteiger partial charge in [-0.1, -0.05) is 12.1 Å². The number of fused-ring (bicyclic) bond motifs is 2. The van der Waals surface area contributed by atoms with E-state index < -0.39 is 5.82 Å². The monoisotopic (exact) mass is 395 g/mol. The number of ether oxygens (including phenoxy) is 1. The van der Waals surface area contributed by atoms with Gasteiger partial charge in [-0.15, -0.1) is 0 Å². The highest BCUT2D eigenvalue weighted by Crippen LogP contribution is 2.25. The number of hydrogen-bond donors (Lipinski definition) is 2. The maximum Gasteiger partial charge on any atom is 0.238 e. The Kier molecular flexibility index (Phi) is 5.07. The van der Waals surface area contributed by atoms with Crippen LogP contribution in [0, 0.1) is 12.7 Å². The highest BCUT2D eigenvalue weighted by molar-refractivity contribution is 5.92. The van der Waals surface area contributed by atoms with Crippen LogP contribution in [0.3, 0.4) is 0 Å². The third kappa shape index (κ3) is 3.73. The molecule has 6 nitrogen and oxygen atoms in total. The number of carbonyl (C=O) groups is 1. The summed E-state index contributed by atoms with van der Waals surface area (Å²) in [6.45, 7) is 3.02. The molecule has 3 aromatic rings. The highest BCUT2D eigenvalue weighted by Gasteiger charge is 2.23. The van der Waals surface area contributed by atoms with Crippen LogP contribution in [0.15, 0.2) is 41.2 Å². The Morgan fingerprint density at radius 1 is 1.31 bits per heavy atom. The molecule has 0 spiro atoms. The molecule has 0 radical (unpaired) electrons. The largest absolute Gasteiger partial charge is 0.497 e. The second kappa shape index (κ2) is 7.67. The molecule has 4 rings (SSSR count). The molecule has 0 atom stereocenters. The predicted molar refractivity (Wildman–Crippen MR) is 110 cm³/mol. The van der Waals surface area contributed by atoms with Gasteiger partial charge in [0.05, 0.1) is 24.9 Å². The van der Waals surface area contributed by atoms with Crippen molar-refractivity contribution in [3.8, 4) is 5.75 Å². The number of halogens is 1. The SMILES string of the molecule is COc1cc(C)c2[nH]c3c(c(=O)c2c1)CN(CC(=O)Nc1ccccc1F)CC3. The number of aromatic nitrogens is 1. The predicted octanol–water partition coefficient (Wildman–Crippen LogP) is 2.98. The molecular formula is C22H22FN3O3. The van der Waals surface area contributed by atoms with Gasteiger partial charge in [0, 0.05) is 36.2 Å². The standard InChI is InChI=1S/C22H22FN3O3/c1-13-9-14(29-2)10-15-21(13)25-18-7-8-26(11-16(18)22(15)28)12-20(27)24-19-6-4-3-5-17(19)23/h3-6,9-10H,7-8,11-12H2,1-2H3,(H,24,27)(H,25,28). The summed E-state index contributed by atoms with van der Waals surface area (Å²) in [6.07, 6.45) is 0.638. The van der Waals surface area contributed by atoms with Gasteiger partial charge < -0.3 is 15.0 Å². The molecule has 0 aliphatic carbocycles. The average molecular weight is 395 g/mol. The number of benzene rings is 2. The Hall–Kier alpha value is -3.19. The van der Waals surface area contributed by atoms with Gasteiger partial charge in [-0.3, -0.25) is 14.5 Å². The molecule has 0 saturated carbocycles. The maximum absolute atomic E-state index is 13.7. The first-order chi connectivity index (χ1) is 14.0. The molecule has 2 aromatic carbocycles. The van der Waals surface area contributed by atoms with Crippen LogP contribution < -0.4 is 15.5 Å². The molecule has 150 valence electrons. The van der Waals surface area contributed by atoms with Crippen LogP contribution in [0.5, 0.6) is 5.75 Å². The Balaban J connectivity index is 1.57. The van der Waals surface area contributed by atoms with Gasteiger partial charge in [-0.05, 0) is 36.8 Å². The topological polar surface area (TPSA) is 74.4 Å². The van der Waals surface area contributed by atoms with Gasteiger partial charge in [0.2, 0.25) is 5.91 Å². The fourth-order valence-corrected chi connectivity index (χ4v) is 3.79. The molecule has 0 bridgehead atoms. The number of H-pyrrole nitrogens is 1. The number of hydrogen-bond acceptors (Lipinski definition) is 4. The van der Waals surface area contributed by atoms with E-state index in [1.165, 1.54) is 12.1 Å². The summed E-state index contributed by atoms with van der Waals surface area (Å²) in [5.74, 6) is -0.150. The molecule has 1 aliphatic heterocycles. The normalized spacial score (nSPS) is 13.9. The Labute approximate surface area is 167 Å². The van der Waals surface area contributed by atoms with E-state index in [9.17, 15) is 14.0 Å². The minimum Gasteiger partial charge on any atom is -0.497 e. The van der Waals surface area contributed by atoms with Gasteiger partial charge >= 0.3 is 0 Å². The molecule has 1 aromatic heterocycles. The molecule has 0 unspecified atom stereocenters. The number of aromatic amines is 1. The smallest absolute Gasteiger partial charge is 0.238 e. The first kappa shape index (κ1) is 19.1. The van der Waals surface area contributed by atoms with Gasteiger partial charge in [0.1, 0.15) is 11.6 Å². The number of nitrogens with zero attached hydrogens (tertiary/aromatic N) is 1. The van der Waals surface area contributed by atoms with Crippen molar-refractivity contribution in [2.75, 3.05) is 25.5 Å². The molecule has 0 saturated heterocycles. The van der Waals surface area contributed by atoms with E-state index in [2.05, 4.69) is 10.3 Å². The number of carbonyl (C=O) groups excluding carboxylic acids is 1. The summed E-state index contributed by atoms with van der Waals surface area (Å²) in [4.78, 5) is 30.7. The summed E-state index contributed by atoms with van der Waals surface area (Å²) < 4.78 is 19.0. The minimum atomic E-state index is -0.475. The van der Waals surface area contributed by atoms with Crippen LogP contribution in [0.1, 0.15) is 16.8 Å². The molecule has 7 heteroatoms. The molecular weight excluding hydrogens is 373 g/mol. The number of aryl methyl sites for hydroxylation is 1. The third-order valence-electron chi connectivity index (χ3n) is 5.28. The fourth-order valence-electron chi connectivity index (χ4n) is 3.79. The second-order valence-corrected chi connectivity index (χ2v) is 7.27. The van der Waals surface area contributed by atoms with Crippen molar-refractivity contribution in [2.24, 2.45) is 0 Å². The zero-order chi connectivity index (χ0) is 20.5. The number of methoxy groups -OCH3 is 1. The van der Waals surface area contributed by atoms with Gasteiger partial charge in [-0.2, -0.15) is 0 Å². The van der Waals surface area contributed by atoms with Crippen molar-refractivity contribution in [2.45, 2.75) is 19.9 Å². The number of amides is 1. The maximum atomic E-state index is 13.7. The zero-order valence-corrected chi connectivity index (χ0v) is 16.3. The van der Waals surface area contributed by atoms with E-state index in [1.807, 2.05) is 17.9 Å². The second-order valence-electron chi connectivity index (χ2n) is 7.27. The number of anilines is 1. The van der Waals surface area contributed by atoms with E-state index in [0.717, 1.165) is 16.8 Å². The summed E-state index contributed by atoms with van der Waals surface area (Å²) >= 11 is 0. The molecule has 0 fully saturated rings. The number of nitrogens with one attached hydrogen (secondary N) is 2. The minimum absolute atomic E-state index is 0.0463. The van der Waals surface area contributed by atoms with E-state index in [1.54, 1.807) is 25.3 Å². The van der Waals surface area contributed by atoms with Gasteiger partial charge in [0.15, 0.2) is 5.43 Å². The Morgan fingerprint density at radius 2 is 2.10 bits per heavy atom. The van der Waals surface area contributed by atoms with E-state index >= 15 is 0 Å². The van der Waals surface area contributed by atoms with E-state index in [4.69, 9.17) is 4.74 Å². The molecule has 1 aliphatic rings. The quantitative estimate of drug-likeness (QED) is 0.712. The molecule has 2 N–H and O–H groups in total. The summed E-state index contributed by atoms with van der Waals surface area (Å²) in [7, 11) is 1.57. The van der Waals surface area contributed by atoms with Crippen LogP contribution >= 0.6 is 0 Å². The third-order valence-corrected chi connectivity index (χ3v) is 5.28. The van der Waals surface area contributed by atoms with E-state index in [0.29, 0.717) is 36.2 Å².